The molecule has 0 aliphatic rings. The number of carbonyl (C=O) groups excluding carboxylic acids is 1. The Kier molecular flexibility index (Phi) is 5.07. The Morgan fingerprint density at radius 3 is 3.07 bits per heavy atom. The summed E-state index contributed by atoms with van der Waals surface area (Å²) in [6.07, 6.45) is 1.99. The molecule has 0 bridgehead atoms. The second-order valence-corrected chi connectivity index (χ2v) is 3.45. The average Bonchev–Trinajstić information content (AvgIpc) is 2.18. The highest BCUT2D eigenvalue weighted by Gasteiger charge is 2.02. The molecule has 4 nitrogen and oxygen atoms in total. The van der Waals surface area contributed by atoms with Crippen LogP contribution in [-0.4, -0.2) is 24.0 Å². The predicted molar refractivity (Wildman–Crippen MR) is 61.0 cm³/mol. The van der Waals surface area contributed by atoms with E-state index < -0.39 is 0 Å². The molecule has 5 heteroatoms. The number of rotatable bonds is 5. The highest BCUT2D eigenvalue weighted by molar-refractivity contribution is 6.30. The molecule has 1 aromatic rings. The average molecular weight is 228 g/mol. The third-order valence-corrected chi connectivity index (χ3v) is 2.00. The van der Waals surface area contributed by atoms with E-state index in [1.165, 1.54) is 0 Å². The number of nitrogens with one attached hydrogen (secondary N) is 2. The van der Waals surface area contributed by atoms with Crippen LogP contribution < -0.4 is 10.6 Å². The van der Waals surface area contributed by atoms with Gasteiger partial charge in [0.15, 0.2) is 0 Å². The minimum Gasteiger partial charge on any atom is -0.316 e. The lowest BCUT2D eigenvalue weighted by Crippen LogP contribution is -2.21. The minimum absolute atomic E-state index is 0.0642. The number of nitrogens with zero attached hydrogens (tertiary/aromatic N) is 1. The molecule has 0 unspecified atom stereocenters. The lowest BCUT2D eigenvalue weighted by Gasteiger charge is -2.04. The van der Waals surface area contributed by atoms with Crippen LogP contribution >= 0.6 is 11.6 Å². The van der Waals surface area contributed by atoms with Crippen LogP contribution in [0.4, 0.5) is 5.82 Å². The first kappa shape index (κ1) is 11.9. The summed E-state index contributed by atoms with van der Waals surface area (Å²) < 4.78 is 0. The lowest BCUT2D eigenvalue weighted by atomic mass is 10.4. The first-order valence-corrected chi connectivity index (χ1v) is 5.22. The van der Waals surface area contributed by atoms with Crippen LogP contribution in [0.25, 0.3) is 0 Å². The molecule has 0 spiro atoms. The maximum absolute atomic E-state index is 11.4. The summed E-state index contributed by atoms with van der Waals surface area (Å²) in [7, 11) is 0. The van der Waals surface area contributed by atoms with Crippen LogP contribution in [0.1, 0.15) is 13.3 Å². The summed E-state index contributed by atoms with van der Waals surface area (Å²) in [4.78, 5) is 15.3. The zero-order valence-corrected chi connectivity index (χ0v) is 9.34. The van der Waals surface area contributed by atoms with Crippen LogP contribution in [-0.2, 0) is 4.79 Å². The monoisotopic (exact) mass is 227 g/mol. The summed E-state index contributed by atoms with van der Waals surface area (Å²) in [5.41, 5.74) is 0. The van der Waals surface area contributed by atoms with Crippen molar-refractivity contribution in [3.63, 3.8) is 0 Å². The minimum atomic E-state index is -0.0642. The van der Waals surface area contributed by atoms with Gasteiger partial charge in [-0.05, 0) is 18.7 Å². The Labute approximate surface area is 94.0 Å². The normalized spacial score (nSPS) is 10.0. The Hall–Kier alpha value is -1.13. The second kappa shape index (κ2) is 6.37. The predicted octanol–water partition coefficient (Wildman–Crippen LogP) is 1.67. The van der Waals surface area contributed by atoms with E-state index in [9.17, 15) is 4.79 Å². The van der Waals surface area contributed by atoms with E-state index in [2.05, 4.69) is 15.6 Å². The van der Waals surface area contributed by atoms with Crippen molar-refractivity contribution in [2.45, 2.75) is 13.3 Å². The molecule has 0 aliphatic heterocycles. The number of amides is 1. The summed E-state index contributed by atoms with van der Waals surface area (Å²) in [6, 6.07) is 3.28. The standard InChI is InChI=1S/C10H14ClN3O/c1-2-12-5-4-10(15)14-9-7-8(11)3-6-13-9/h3,6-7,12H,2,4-5H2,1H3,(H,13,14,15). The van der Waals surface area contributed by atoms with Crippen molar-refractivity contribution >= 4 is 23.3 Å². The fourth-order valence-electron chi connectivity index (χ4n) is 1.06. The van der Waals surface area contributed by atoms with Gasteiger partial charge in [-0.3, -0.25) is 4.79 Å². The van der Waals surface area contributed by atoms with E-state index in [0.717, 1.165) is 6.54 Å². The summed E-state index contributed by atoms with van der Waals surface area (Å²) in [5.74, 6) is 0.426. The largest absolute Gasteiger partial charge is 0.316 e. The molecule has 0 radical (unpaired) electrons. The molecule has 0 fully saturated rings. The zero-order valence-electron chi connectivity index (χ0n) is 8.59. The number of hydrogen-bond acceptors (Lipinski definition) is 3. The molecule has 0 saturated carbocycles. The molecule has 2 N–H and O–H groups in total. The van der Waals surface area contributed by atoms with Gasteiger partial charge in [0.05, 0.1) is 0 Å². The van der Waals surface area contributed by atoms with Gasteiger partial charge in [0.2, 0.25) is 5.91 Å². The maximum Gasteiger partial charge on any atom is 0.226 e. The Morgan fingerprint density at radius 2 is 2.40 bits per heavy atom. The molecule has 1 aromatic heterocycles. The summed E-state index contributed by atoms with van der Waals surface area (Å²) in [6.45, 7) is 3.53. The van der Waals surface area contributed by atoms with Gasteiger partial charge < -0.3 is 10.6 Å². The zero-order chi connectivity index (χ0) is 11.1. The van der Waals surface area contributed by atoms with Crippen LogP contribution in [0.2, 0.25) is 5.02 Å². The molecule has 15 heavy (non-hydrogen) atoms. The molecule has 0 aliphatic carbocycles. The third-order valence-electron chi connectivity index (χ3n) is 1.77. The third kappa shape index (κ3) is 4.76. The highest BCUT2D eigenvalue weighted by Crippen LogP contribution is 2.11. The smallest absolute Gasteiger partial charge is 0.226 e. The van der Waals surface area contributed by atoms with Gasteiger partial charge in [0.25, 0.3) is 0 Å². The molecule has 0 saturated heterocycles. The first-order chi connectivity index (χ1) is 7.22. The molecule has 1 rings (SSSR count). The SMILES string of the molecule is CCNCCC(=O)Nc1cc(Cl)ccn1. The number of hydrogen-bond donors (Lipinski definition) is 2. The van der Waals surface area contributed by atoms with Gasteiger partial charge in [0, 0.05) is 24.2 Å². The Morgan fingerprint density at radius 1 is 1.60 bits per heavy atom. The number of anilines is 1. The molecule has 1 amide bonds. The summed E-state index contributed by atoms with van der Waals surface area (Å²) in [5, 5.41) is 6.30. The van der Waals surface area contributed by atoms with Crippen molar-refractivity contribution in [1.82, 2.24) is 10.3 Å². The quantitative estimate of drug-likeness (QED) is 0.753. The number of carbonyl (C=O) groups is 1. The van der Waals surface area contributed by atoms with E-state index in [4.69, 9.17) is 11.6 Å². The molecule has 0 aromatic carbocycles. The topological polar surface area (TPSA) is 54.0 Å². The molecular formula is C10H14ClN3O. The van der Waals surface area contributed by atoms with Crippen LogP contribution in [0.3, 0.4) is 0 Å². The van der Waals surface area contributed by atoms with E-state index in [0.29, 0.717) is 23.8 Å². The van der Waals surface area contributed by atoms with Gasteiger partial charge in [-0.1, -0.05) is 18.5 Å². The van der Waals surface area contributed by atoms with Crippen molar-refractivity contribution in [3.05, 3.63) is 23.4 Å². The van der Waals surface area contributed by atoms with Crippen molar-refractivity contribution in [2.75, 3.05) is 18.4 Å². The number of pyridine rings is 1. The Balaban J connectivity index is 2.37. The van der Waals surface area contributed by atoms with E-state index in [1.54, 1.807) is 18.3 Å². The second-order valence-electron chi connectivity index (χ2n) is 3.01. The van der Waals surface area contributed by atoms with Gasteiger partial charge in [0.1, 0.15) is 5.82 Å². The van der Waals surface area contributed by atoms with Gasteiger partial charge >= 0.3 is 0 Å². The van der Waals surface area contributed by atoms with Gasteiger partial charge in [-0.25, -0.2) is 4.98 Å². The number of aromatic nitrogens is 1. The van der Waals surface area contributed by atoms with Crippen molar-refractivity contribution < 1.29 is 4.79 Å². The van der Waals surface area contributed by atoms with Crippen LogP contribution in [0.15, 0.2) is 18.3 Å². The molecular weight excluding hydrogens is 214 g/mol. The van der Waals surface area contributed by atoms with Crippen LogP contribution in [0, 0.1) is 0 Å². The lowest BCUT2D eigenvalue weighted by molar-refractivity contribution is -0.116. The molecule has 82 valence electrons. The fourth-order valence-corrected chi connectivity index (χ4v) is 1.22. The van der Waals surface area contributed by atoms with Crippen molar-refractivity contribution in [3.8, 4) is 0 Å². The van der Waals surface area contributed by atoms with Gasteiger partial charge in [-0.2, -0.15) is 0 Å². The highest BCUT2D eigenvalue weighted by atomic mass is 35.5. The van der Waals surface area contributed by atoms with Gasteiger partial charge in [-0.15, -0.1) is 0 Å². The van der Waals surface area contributed by atoms with E-state index in [-0.39, 0.29) is 5.91 Å². The molecule has 0 atom stereocenters. The first-order valence-electron chi connectivity index (χ1n) is 4.84. The van der Waals surface area contributed by atoms with Crippen LogP contribution in [0.5, 0.6) is 0 Å². The fraction of sp³-hybridized carbons (Fsp3) is 0.400. The summed E-state index contributed by atoms with van der Waals surface area (Å²) >= 11 is 5.75. The Bertz CT molecular complexity index is 330. The number of halogens is 1. The van der Waals surface area contributed by atoms with Crippen molar-refractivity contribution in [1.29, 1.82) is 0 Å². The van der Waals surface area contributed by atoms with E-state index >= 15 is 0 Å². The van der Waals surface area contributed by atoms with E-state index in [1.807, 2.05) is 6.92 Å². The van der Waals surface area contributed by atoms with Crippen molar-refractivity contribution in [2.24, 2.45) is 0 Å². The maximum atomic E-state index is 11.4. The molecule has 1 heterocycles.